The number of carboxylic acid groups (broad SMARTS) is 2. The number of nitrogens with zero attached hydrogens (tertiary/aromatic N) is 5. The Bertz CT molecular complexity index is 2430. The number of aliphatic carboxylic acids is 2. The van der Waals surface area contributed by atoms with E-state index < -0.39 is 116 Å². The van der Waals surface area contributed by atoms with Gasteiger partial charge in [-0.2, -0.15) is 0 Å². The molecule has 6 rings (SSSR count). The highest BCUT2D eigenvalue weighted by molar-refractivity contribution is 8.02. The van der Waals surface area contributed by atoms with Gasteiger partial charge in [0.15, 0.2) is 6.04 Å². The van der Waals surface area contributed by atoms with Crippen molar-refractivity contribution < 1.29 is 63.0 Å². The van der Waals surface area contributed by atoms with Gasteiger partial charge in [0, 0.05) is 55.3 Å². The lowest BCUT2D eigenvalue weighted by molar-refractivity contribution is -0.153. The summed E-state index contributed by atoms with van der Waals surface area (Å²) in [6, 6.07) is 6.27. The molecule has 4 saturated heterocycles. The second-order valence-electron chi connectivity index (χ2n) is 17.7. The van der Waals surface area contributed by atoms with E-state index >= 15 is 0 Å². The molecule has 2 aromatic carbocycles. The van der Waals surface area contributed by atoms with Crippen molar-refractivity contribution in [3.63, 3.8) is 0 Å². The summed E-state index contributed by atoms with van der Waals surface area (Å²) in [7, 11) is 0. The van der Waals surface area contributed by atoms with E-state index in [1.54, 1.807) is 90.1 Å². The van der Waals surface area contributed by atoms with Crippen LogP contribution < -0.4 is 26.6 Å². The minimum atomic E-state index is -1.77. The number of nitrogens with one attached hydrogen (secondary N) is 5. The molecule has 0 aliphatic carbocycles. The van der Waals surface area contributed by atoms with Gasteiger partial charge in [-0.15, -0.1) is 23.5 Å². The number of carbonyl (C=O) groups is 11. The number of imide groups is 2. The summed E-state index contributed by atoms with van der Waals surface area (Å²) in [5.74, 6) is -9.38. The Kier molecular flexibility index (Phi) is 16.2. The standard InChI is InChI=1S/C45H56N10O13S2/c1-7-51-19-21-53(38(61)36(51)59)42(67)48-27(24-15-11-9-12-16-24)32(56)46-23-26-55(31(41(65)66)45(5,6)69-26)35(58)30-44(3,4)70-34(50-30)29(40(63)64)47-33(57)28(25-17-13-10-14-18-25)49-43(68)54-22-20-52(8-2)37(60)39(54)62/h9-18,26-31,34,50H,7-8,19-23H2,1-6H3,(H,46,56)(H,47,57)(H,48,67)(H,49,68)(H,63,64)(H,65,66)/t26?,27-,28-,29+,30+,31+,34?/m1/s1. The molecule has 7 atom stereocenters. The van der Waals surface area contributed by atoms with E-state index in [1.807, 2.05) is 0 Å². The molecule has 0 aromatic heterocycles. The molecule has 11 amide bonds. The Hall–Kier alpha value is -6.73. The van der Waals surface area contributed by atoms with Crippen molar-refractivity contribution in [1.82, 2.24) is 51.1 Å². The molecule has 0 saturated carbocycles. The number of rotatable bonds is 15. The lowest BCUT2D eigenvalue weighted by atomic mass is 9.97. The van der Waals surface area contributed by atoms with Gasteiger partial charge >= 0.3 is 47.6 Å². The third-order valence-corrected chi connectivity index (χ3v) is 15.4. The van der Waals surface area contributed by atoms with E-state index in [2.05, 4.69) is 26.6 Å². The molecule has 4 fully saturated rings. The van der Waals surface area contributed by atoms with E-state index in [0.29, 0.717) is 10.5 Å². The molecular weight excluding hydrogens is 953 g/mol. The van der Waals surface area contributed by atoms with Gasteiger partial charge in [0.1, 0.15) is 24.2 Å². The molecular formula is C45H56N10O13S2. The predicted octanol–water partition coefficient (Wildman–Crippen LogP) is -0.102. The highest BCUT2D eigenvalue weighted by atomic mass is 32.2. The number of hydrogen-bond acceptors (Lipinski definition) is 14. The van der Waals surface area contributed by atoms with Crippen molar-refractivity contribution in [3.8, 4) is 0 Å². The van der Waals surface area contributed by atoms with Crippen LogP contribution in [0.25, 0.3) is 0 Å². The fraction of sp³-hybridized carbons (Fsp3) is 0.489. The molecule has 0 bridgehead atoms. The molecule has 2 unspecified atom stereocenters. The van der Waals surface area contributed by atoms with Gasteiger partial charge in [0.2, 0.25) is 17.7 Å². The van der Waals surface area contributed by atoms with Crippen LogP contribution in [0, 0.1) is 0 Å². The fourth-order valence-electron chi connectivity index (χ4n) is 8.70. The van der Waals surface area contributed by atoms with Crippen molar-refractivity contribution in [2.24, 2.45) is 0 Å². The minimum Gasteiger partial charge on any atom is -0.480 e. The van der Waals surface area contributed by atoms with Crippen molar-refractivity contribution >= 4 is 88.9 Å². The van der Waals surface area contributed by atoms with Crippen LogP contribution in [0.5, 0.6) is 0 Å². The maximum atomic E-state index is 14.9. The van der Waals surface area contributed by atoms with Crippen molar-refractivity contribution in [1.29, 1.82) is 0 Å². The van der Waals surface area contributed by atoms with Gasteiger partial charge in [0.05, 0.1) is 10.7 Å². The molecule has 4 heterocycles. The first-order valence-electron chi connectivity index (χ1n) is 22.4. The van der Waals surface area contributed by atoms with Gasteiger partial charge in [-0.1, -0.05) is 60.7 Å². The quantitative estimate of drug-likeness (QED) is 0.115. The number of amides is 11. The summed E-state index contributed by atoms with van der Waals surface area (Å²) in [6.07, 6.45) is 0. The summed E-state index contributed by atoms with van der Waals surface area (Å²) >= 11 is 2.07. The number of benzene rings is 2. The summed E-state index contributed by atoms with van der Waals surface area (Å²) in [5.41, 5.74) is 0.523. The van der Waals surface area contributed by atoms with Crippen molar-refractivity contribution in [2.75, 3.05) is 45.8 Å². The third-order valence-electron chi connectivity index (χ3n) is 12.4. The Labute approximate surface area is 411 Å². The lowest BCUT2D eigenvalue weighted by Crippen LogP contribution is -2.61. The highest BCUT2D eigenvalue weighted by Gasteiger charge is 2.58. The number of hydrogen-bond donors (Lipinski definition) is 7. The zero-order chi connectivity index (χ0) is 51.4. The second-order valence-corrected chi connectivity index (χ2v) is 21.4. The SMILES string of the molecule is CCN1CCN(C(=O)N[C@@H](C(=O)NCC2SC(C)(C)[C@H](C(=O)O)N2C(=O)[C@@H]2NC([C@H](NC(=O)[C@H](NC(=O)N3CCN(CC)C(=O)C3=O)c3ccccc3)C(=O)O)SC2(C)C)c2ccccc2)C(=O)C1=O. The molecule has 4 aliphatic heterocycles. The van der Waals surface area contributed by atoms with Crippen LogP contribution >= 0.6 is 23.5 Å². The fourth-order valence-corrected chi connectivity index (χ4v) is 11.7. The number of carboxylic acids is 2. The average Bonchev–Trinajstić information content (AvgIpc) is 3.80. The van der Waals surface area contributed by atoms with Gasteiger partial charge in [-0.3, -0.25) is 48.7 Å². The molecule has 7 N–H and O–H groups in total. The lowest BCUT2D eigenvalue weighted by Gasteiger charge is -2.35. The summed E-state index contributed by atoms with van der Waals surface area (Å²) in [4.78, 5) is 152. The predicted molar refractivity (Wildman–Crippen MR) is 252 cm³/mol. The highest BCUT2D eigenvalue weighted by Crippen LogP contribution is 2.47. The molecule has 25 heteroatoms. The number of thioether (sulfide) groups is 2. The van der Waals surface area contributed by atoms with E-state index in [9.17, 15) is 63.0 Å². The summed E-state index contributed by atoms with van der Waals surface area (Å²) in [6.45, 7) is 9.90. The van der Waals surface area contributed by atoms with E-state index in [0.717, 1.165) is 33.3 Å². The zero-order valence-electron chi connectivity index (χ0n) is 39.2. The van der Waals surface area contributed by atoms with Crippen LogP contribution in [0.2, 0.25) is 0 Å². The first-order chi connectivity index (χ1) is 33.0. The first-order valence-corrected chi connectivity index (χ1v) is 24.2. The van der Waals surface area contributed by atoms with Crippen molar-refractivity contribution in [3.05, 3.63) is 71.8 Å². The normalized spacial score (nSPS) is 23.3. The Morgan fingerprint density at radius 3 is 1.57 bits per heavy atom. The summed E-state index contributed by atoms with van der Waals surface area (Å²) in [5, 5.41) is 32.1. The molecule has 0 spiro atoms. The average molecular weight is 1010 g/mol. The minimum absolute atomic E-state index is 0.0644. The molecule has 23 nitrogen and oxygen atoms in total. The van der Waals surface area contributed by atoms with Crippen LogP contribution in [-0.4, -0.2) is 184 Å². The number of carbonyl (C=O) groups excluding carboxylic acids is 9. The van der Waals surface area contributed by atoms with Crippen LogP contribution in [0.15, 0.2) is 60.7 Å². The Morgan fingerprint density at radius 1 is 0.657 bits per heavy atom. The third kappa shape index (κ3) is 11.0. The largest absolute Gasteiger partial charge is 0.480 e. The van der Waals surface area contributed by atoms with E-state index in [4.69, 9.17) is 0 Å². The maximum absolute atomic E-state index is 14.9. The van der Waals surface area contributed by atoms with E-state index in [1.165, 1.54) is 21.9 Å². The van der Waals surface area contributed by atoms with Gasteiger partial charge in [-0.25, -0.2) is 19.2 Å². The van der Waals surface area contributed by atoms with Gasteiger partial charge in [0.25, 0.3) is 0 Å². The van der Waals surface area contributed by atoms with E-state index in [-0.39, 0.29) is 51.4 Å². The molecule has 2 aromatic rings. The van der Waals surface area contributed by atoms with Crippen LogP contribution in [-0.2, 0) is 43.2 Å². The summed E-state index contributed by atoms with van der Waals surface area (Å²) < 4.78 is -2.32. The van der Waals surface area contributed by atoms with Crippen LogP contribution in [0.1, 0.15) is 64.8 Å². The number of likely N-dealkylation sites (N-methyl/N-ethyl adjacent to an activating group) is 2. The Balaban J connectivity index is 1.20. The second kappa shape index (κ2) is 21.5. The maximum Gasteiger partial charge on any atom is 0.328 e. The number of urea groups is 2. The first kappa shape index (κ1) is 52.6. The molecule has 0 radical (unpaired) electrons. The smallest absolute Gasteiger partial charge is 0.328 e. The van der Waals surface area contributed by atoms with Gasteiger partial charge in [-0.05, 0) is 52.7 Å². The topological polar surface area (TPSA) is 305 Å². The Morgan fingerprint density at radius 2 is 1.13 bits per heavy atom. The van der Waals surface area contributed by atoms with Gasteiger partial charge < -0.3 is 46.2 Å². The number of piperazine rings is 2. The molecule has 376 valence electrons. The monoisotopic (exact) mass is 1010 g/mol. The van der Waals surface area contributed by atoms with Crippen LogP contribution in [0.4, 0.5) is 9.59 Å². The zero-order valence-corrected chi connectivity index (χ0v) is 40.8. The van der Waals surface area contributed by atoms with Crippen molar-refractivity contribution in [2.45, 2.75) is 92.0 Å². The molecule has 4 aliphatic rings. The van der Waals surface area contributed by atoms with Crippen LogP contribution in [0.3, 0.4) is 0 Å². The molecule has 70 heavy (non-hydrogen) atoms.